The lowest BCUT2D eigenvalue weighted by Crippen LogP contribution is -2.43. The molecule has 2 N–H and O–H groups in total. The minimum atomic E-state index is -0.553. The van der Waals surface area contributed by atoms with Gasteiger partial charge >= 0.3 is 6.03 Å². The lowest BCUT2D eigenvalue weighted by Gasteiger charge is -2.28. The first-order chi connectivity index (χ1) is 9.93. The van der Waals surface area contributed by atoms with Gasteiger partial charge in [0.15, 0.2) is 0 Å². The van der Waals surface area contributed by atoms with Crippen molar-refractivity contribution in [1.29, 1.82) is 0 Å². The van der Waals surface area contributed by atoms with Crippen molar-refractivity contribution in [3.63, 3.8) is 0 Å². The Morgan fingerprint density at radius 1 is 1.38 bits per heavy atom. The number of nitrogens with zero attached hydrogens (tertiary/aromatic N) is 1. The molecule has 118 valence electrons. The minimum absolute atomic E-state index is 0.0196. The first-order valence-corrected chi connectivity index (χ1v) is 7.36. The first kappa shape index (κ1) is 17.5. The van der Waals surface area contributed by atoms with Gasteiger partial charge in [0.2, 0.25) is 0 Å². The summed E-state index contributed by atoms with van der Waals surface area (Å²) in [6.07, 6.45) is -0.553. The van der Waals surface area contributed by atoms with Crippen molar-refractivity contribution in [2.24, 2.45) is 0 Å². The van der Waals surface area contributed by atoms with Gasteiger partial charge in [0.25, 0.3) is 0 Å². The van der Waals surface area contributed by atoms with Gasteiger partial charge in [-0.3, -0.25) is 0 Å². The SMILES string of the molecule is CCOCc1cccc(NC(=O)N(CC(C)O)C(C)C)c1. The van der Waals surface area contributed by atoms with Gasteiger partial charge in [0, 0.05) is 24.9 Å². The number of carbonyl (C=O) groups is 1. The van der Waals surface area contributed by atoms with Crippen LogP contribution in [0.2, 0.25) is 0 Å². The fraction of sp³-hybridized carbons (Fsp3) is 0.562. The number of nitrogens with one attached hydrogen (secondary N) is 1. The van der Waals surface area contributed by atoms with Crippen LogP contribution in [0.4, 0.5) is 10.5 Å². The van der Waals surface area contributed by atoms with Crippen LogP contribution in [-0.4, -0.2) is 41.3 Å². The monoisotopic (exact) mass is 294 g/mol. The Balaban J connectivity index is 2.71. The van der Waals surface area contributed by atoms with Gasteiger partial charge in [-0.15, -0.1) is 0 Å². The molecule has 1 rings (SSSR count). The second-order valence-corrected chi connectivity index (χ2v) is 5.36. The lowest BCUT2D eigenvalue weighted by atomic mass is 10.2. The molecular formula is C16H26N2O3. The number of rotatable bonds is 7. The Kier molecular flexibility index (Phi) is 7.19. The van der Waals surface area contributed by atoms with E-state index in [1.54, 1.807) is 11.8 Å². The fourth-order valence-electron chi connectivity index (χ4n) is 1.97. The number of hydrogen-bond acceptors (Lipinski definition) is 3. The molecule has 0 spiro atoms. The Morgan fingerprint density at radius 3 is 2.67 bits per heavy atom. The molecule has 0 aromatic heterocycles. The number of aliphatic hydroxyl groups is 1. The highest BCUT2D eigenvalue weighted by atomic mass is 16.5. The zero-order valence-corrected chi connectivity index (χ0v) is 13.3. The molecule has 1 atom stereocenters. The normalized spacial score (nSPS) is 12.3. The topological polar surface area (TPSA) is 61.8 Å². The summed E-state index contributed by atoms with van der Waals surface area (Å²) in [7, 11) is 0. The van der Waals surface area contributed by atoms with E-state index in [-0.39, 0.29) is 12.1 Å². The second kappa shape index (κ2) is 8.64. The molecule has 1 unspecified atom stereocenters. The fourth-order valence-corrected chi connectivity index (χ4v) is 1.97. The van der Waals surface area contributed by atoms with Crippen LogP contribution in [0.25, 0.3) is 0 Å². The van der Waals surface area contributed by atoms with Crippen LogP contribution in [0.1, 0.15) is 33.3 Å². The number of urea groups is 1. The van der Waals surface area contributed by atoms with E-state index in [2.05, 4.69) is 5.32 Å². The van der Waals surface area contributed by atoms with E-state index in [9.17, 15) is 9.90 Å². The highest BCUT2D eigenvalue weighted by Gasteiger charge is 2.18. The quantitative estimate of drug-likeness (QED) is 0.813. The van der Waals surface area contributed by atoms with Gasteiger partial charge in [-0.1, -0.05) is 12.1 Å². The summed E-state index contributed by atoms with van der Waals surface area (Å²) in [5, 5.41) is 12.4. The van der Waals surface area contributed by atoms with Crippen molar-refractivity contribution in [3.05, 3.63) is 29.8 Å². The summed E-state index contributed by atoms with van der Waals surface area (Å²) in [6, 6.07) is 7.40. The molecule has 1 aromatic carbocycles. The Morgan fingerprint density at radius 2 is 2.10 bits per heavy atom. The maximum absolute atomic E-state index is 12.3. The third-order valence-electron chi connectivity index (χ3n) is 3.00. The van der Waals surface area contributed by atoms with Crippen LogP contribution < -0.4 is 5.32 Å². The third kappa shape index (κ3) is 6.14. The number of amides is 2. The molecule has 5 heteroatoms. The van der Waals surface area contributed by atoms with Gasteiger partial charge in [-0.2, -0.15) is 0 Å². The molecular weight excluding hydrogens is 268 g/mol. The molecule has 2 amide bonds. The van der Waals surface area contributed by atoms with Crippen molar-refractivity contribution in [1.82, 2.24) is 4.90 Å². The summed E-state index contributed by atoms with van der Waals surface area (Å²) in [6.45, 7) is 8.96. The van der Waals surface area contributed by atoms with E-state index in [4.69, 9.17) is 4.74 Å². The number of aliphatic hydroxyl groups excluding tert-OH is 1. The van der Waals surface area contributed by atoms with Gasteiger partial charge < -0.3 is 20.1 Å². The third-order valence-corrected chi connectivity index (χ3v) is 3.00. The number of benzene rings is 1. The molecule has 0 aliphatic heterocycles. The average Bonchev–Trinajstić information content (AvgIpc) is 2.42. The molecule has 0 bridgehead atoms. The molecule has 0 aliphatic carbocycles. The van der Waals surface area contributed by atoms with E-state index in [0.717, 1.165) is 11.3 Å². The number of hydrogen-bond donors (Lipinski definition) is 2. The highest BCUT2D eigenvalue weighted by Crippen LogP contribution is 2.13. The largest absolute Gasteiger partial charge is 0.392 e. The molecule has 0 fully saturated rings. The Bertz CT molecular complexity index is 447. The molecule has 0 saturated carbocycles. The van der Waals surface area contributed by atoms with Gasteiger partial charge in [-0.05, 0) is 45.4 Å². The molecule has 21 heavy (non-hydrogen) atoms. The average molecular weight is 294 g/mol. The zero-order valence-electron chi connectivity index (χ0n) is 13.3. The van der Waals surface area contributed by atoms with E-state index in [1.165, 1.54) is 0 Å². The number of anilines is 1. The van der Waals surface area contributed by atoms with Gasteiger partial charge in [0.05, 0.1) is 12.7 Å². The van der Waals surface area contributed by atoms with Gasteiger partial charge in [0.1, 0.15) is 0 Å². The Labute approximate surface area is 126 Å². The van der Waals surface area contributed by atoms with Crippen LogP contribution in [0.3, 0.4) is 0 Å². The van der Waals surface area contributed by atoms with Crippen molar-refractivity contribution in [2.45, 2.75) is 46.4 Å². The summed E-state index contributed by atoms with van der Waals surface area (Å²) in [4.78, 5) is 13.9. The van der Waals surface area contributed by atoms with Crippen LogP contribution in [0.5, 0.6) is 0 Å². The number of carbonyl (C=O) groups excluding carboxylic acids is 1. The van der Waals surface area contributed by atoms with Gasteiger partial charge in [-0.25, -0.2) is 4.79 Å². The first-order valence-electron chi connectivity index (χ1n) is 7.36. The smallest absolute Gasteiger partial charge is 0.322 e. The molecule has 0 heterocycles. The summed E-state index contributed by atoms with van der Waals surface area (Å²) < 4.78 is 5.36. The number of ether oxygens (including phenoxy) is 1. The summed E-state index contributed by atoms with van der Waals surface area (Å²) >= 11 is 0. The van der Waals surface area contributed by atoms with Crippen LogP contribution in [-0.2, 0) is 11.3 Å². The predicted octanol–water partition coefficient (Wildman–Crippen LogP) is 2.85. The summed E-state index contributed by atoms with van der Waals surface area (Å²) in [5.74, 6) is 0. The molecule has 0 aliphatic rings. The lowest BCUT2D eigenvalue weighted by molar-refractivity contribution is 0.125. The van der Waals surface area contributed by atoms with Crippen LogP contribution >= 0.6 is 0 Å². The van der Waals surface area contributed by atoms with Crippen LogP contribution in [0.15, 0.2) is 24.3 Å². The maximum atomic E-state index is 12.3. The van der Waals surface area contributed by atoms with E-state index >= 15 is 0 Å². The molecule has 1 aromatic rings. The van der Waals surface area contributed by atoms with Crippen molar-refractivity contribution >= 4 is 11.7 Å². The molecule has 5 nitrogen and oxygen atoms in total. The summed E-state index contributed by atoms with van der Waals surface area (Å²) in [5.41, 5.74) is 1.75. The molecule has 0 saturated heterocycles. The van der Waals surface area contributed by atoms with Crippen molar-refractivity contribution < 1.29 is 14.6 Å². The Hall–Kier alpha value is -1.59. The van der Waals surface area contributed by atoms with E-state index < -0.39 is 6.10 Å². The van der Waals surface area contributed by atoms with Crippen LogP contribution in [0, 0.1) is 0 Å². The van der Waals surface area contributed by atoms with E-state index in [1.807, 2.05) is 45.0 Å². The zero-order chi connectivity index (χ0) is 15.8. The minimum Gasteiger partial charge on any atom is -0.392 e. The van der Waals surface area contributed by atoms with Crippen molar-refractivity contribution in [2.75, 3.05) is 18.5 Å². The highest BCUT2D eigenvalue weighted by molar-refractivity contribution is 5.89. The molecule has 0 radical (unpaired) electrons. The standard InChI is InChI=1S/C16H26N2O3/c1-5-21-11-14-7-6-8-15(9-14)17-16(20)18(12(2)3)10-13(4)19/h6-9,12-13,19H,5,10-11H2,1-4H3,(H,17,20). The maximum Gasteiger partial charge on any atom is 0.322 e. The van der Waals surface area contributed by atoms with E-state index in [0.29, 0.717) is 19.8 Å². The van der Waals surface area contributed by atoms with Crippen molar-refractivity contribution in [3.8, 4) is 0 Å². The predicted molar refractivity (Wildman–Crippen MR) is 84.3 cm³/mol. The second-order valence-electron chi connectivity index (χ2n) is 5.36.